The number of carbonyl (C=O) groups is 4. The van der Waals surface area contributed by atoms with E-state index in [0.717, 1.165) is 0 Å². The van der Waals surface area contributed by atoms with Gasteiger partial charge in [0.1, 0.15) is 0 Å². The summed E-state index contributed by atoms with van der Waals surface area (Å²) in [6.07, 6.45) is 0. The van der Waals surface area contributed by atoms with Crippen molar-refractivity contribution in [3.8, 4) is 0 Å². The van der Waals surface area contributed by atoms with Gasteiger partial charge in [0.15, 0.2) is 23.1 Å². The number of ketones is 4. The van der Waals surface area contributed by atoms with Crippen molar-refractivity contribution in [3.05, 3.63) is 11.4 Å². The van der Waals surface area contributed by atoms with E-state index in [0.29, 0.717) is 27.7 Å². The van der Waals surface area contributed by atoms with Crippen LogP contribution in [0.2, 0.25) is 0 Å². The highest BCUT2D eigenvalue weighted by molar-refractivity contribution is 6.42. The molecule has 28 heavy (non-hydrogen) atoms. The van der Waals surface area contributed by atoms with Crippen molar-refractivity contribution in [2.45, 2.75) is 60.5 Å². The summed E-state index contributed by atoms with van der Waals surface area (Å²) in [4.78, 5) is 51.1. The molecule has 1 aliphatic rings. The quantitative estimate of drug-likeness (QED) is 0.236. The minimum atomic E-state index is -4.10. The minimum Gasteiger partial charge on any atom is -0.375 e. The molecule has 1 rings (SSSR count). The molecule has 0 aromatic heterocycles. The monoisotopic (exact) mass is 441 g/mol. The molecule has 11 nitrogen and oxygen atoms in total. The highest BCUT2D eigenvalue weighted by Gasteiger charge is 2.93. The molecule has 0 spiro atoms. The van der Waals surface area contributed by atoms with Crippen LogP contribution in [0.1, 0.15) is 27.7 Å². The molecule has 0 saturated carbocycles. The highest BCUT2D eigenvalue weighted by Crippen LogP contribution is 2.60. The van der Waals surface area contributed by atoms with Gasteiger partial charge in [-0.15, -0.1) is 0 Å². The van der Waals surface area contributed by atoms with Gasteiger partial charge >= 0.3 is 5.91 Å². The highest BCUT2D eigenvalue weighted by atomic mass is 35.5. The maximum Gasteiger partial charge on any atom is 0.497 e. The normalized spacial score (nSPS) is 42.8. The SMILES string of the molecule is [C-]#[N+][C@@]1(O)O[C@](Cl)(C(O)(Cl)C(C)=O)[C@](O)(C(C)=O)[C@@](O)(C(C)=O)[C@]1(O)C(C)=O. The number of Topliss-reactive ketones (excluding diaryl/α,β-unsaturated/α-hetero) is 4. The van der Waals surface area contributed by atoms with Crippen LogP contribution in [0, 0.1) is 6.57 Å². The van der Waals surface area contributed by atoms with Crippen LogP contribution in [-0.4, -0.2) is 81.5 Å². The molecule has 0 aromatic carbocycles. The van der Waals surface area contributed by atoms with Gasteiger partial charge in [0, 0.05) is 0 Å². The summed E-state index contributed by atoms with van der Waals surface area (Å²) in [5, 5.41) is 46.2. The average Bonchev–Trinajstić information content (AvgIpc) is 2.56. The van der Waals surface area contributed by atoms with Crippen LogP contribution >= 0.6 is 23.2 Å². The third-order valence-corrected chi connectivity index (χ3v) is 6.09. The van der Waals surface area contributed by atoms with Crippen molar-refractivity contribution in [1.82, 2.24) is 0 Å². The smallest absolute Gasteiger partial charge is 0.375 e. The van der Waals surface area contributed by atoms with Gasteiger partial charge in [0.2, 0.25) is 21.3 Å². The first-order valence-corrected chi connectivity index (χ1v) is 8.17. The van der Waals surface area contributed by atoms with Crippen LogP contribution < -0.4 is 0 Å². The first-order chi connectivity index (χ1) is 12.3. The molecule has 0 aromatic rings. The summed E-state index contributed by atoms with van der Waals surface area (Å²) in [7, 11) is 0. The van der Waals surface area contributed by atoms with Gasteiger partial charge in [-0.3, -0.25) is 24.3 Å². The fourth-order valence-electron chi connectivity index (χ4n) is 3.19. The molecule has 1 fully saturated rings. The average molecular weight is 442 g/mol. The minimum absolute atomic E-state index is 0.468. The van der Waals surface area contributed by atoms with E-state index in [2.05, 4.69) is 9.58 Å². The predicted molar refractivity (Wildman–Crippen MR) is 89.6 cm³/mol. The zero-order valence-electron chi connectivity index (χ0n) is 15.0. The maximum absolute atomic E-state index is 12.3. The van der Waals surface area contributed by atoms with Gasteiger partial charge < -0.3 is 20.4 Å². The lowest BCUT2D eigenvalue weighted by molar-refractivity contribution is -0.410. The largest absolute Gasteiger partial charge is 0.497 e. The number of hydrogen-bond acceptors (Lipinski definition) is 10. The van der Waals surface area contributed by atoms with Gasteiger partial charge in [-0.05, 0) is 27.7 Å². The Bertz CT molecular complexity index is 824. The molecule has 5 N–H and O–H groups in total. The Labute approximate surface area is 168 Å². The maximum atomic E-state index is 12.3. The van der Waals surface area contributed by atoms with Crippen molar-refractivity contribution in [3.63, 3.8) is 0 Å². The second-order valence-corrected chi connectivity index (χ2v) is 7.47. The van der Waals surface area contributed by atoms with E-state index >= 15 is 0 Å². The molecule has 0 amide bonds. The molecular formula is C15H17Cl2NO10. The van der Waals surface area contributed by atoms with E-state index in [1.807, 2.05) is 0 Å². The molecule has 0 radical (unpaired) electrons. The number of ether oxygens (including phenoxy) is 1. The molecule has 156 valence electrons. The van der Waals surface area contributed by atoms with E-state index in [-0.39, 0.29) is 0 Å². The van der Waals surface area contributed by atoms with Crippen LogP contribution in [0.4, 0.5) is 0 Å². The Morgan fingerprint density at radius 2 is 1.25 bits per heavy atom. The summed E-state index contributed by atoms with van der Waals surface area (Å²) in [6, 6.07) is 0. The zero-order valence-corrected chi connectivity index (χ0v) is 16.5. The molecule has 1 unspecified atom stereocenters. The molecule has 13 heteroatoms. The van der Waals surface area contributed by atoms with E-state index in [9.17, 15) is 44.7 Å². The summed E-state index contributed by atoms with van der Waals surface area (Å²) in [5.41, 5.74) is -12.1. The Hall–Kier alpha value is -1.49. The second-order valence-electron chi connectivity index (χ2n) is 6.40. The van der Waals surface area contributed by atoms with Crippen molar-refractivity contribution in [2.24, 2.45) is 0 Å². The van der Waals surface area contributed by atoms with E-state index < -0.39 is 56.0 Å². The molecule has 0 aliphatic carbocycles. The van der Waals surface area contributed by atoms with E-state index in [1.54, 1.807) is 0 Å². The second kappa shape index (κ2) is 6.51. The van der Waals surface area contributed by atoms with Crippen molar-refractivity contribution in [2.75, 3.05) is 0 Å². The predicted octanol–water partition coefficient (Wildman–Crippen LogP) is -2.01. The molecule has 6 atom stereocenters. The Morgan fingerprint density at radius 1 is 0.893 bits per heavy atom. The number of nitrogens with zero attached hydrogens (tertiary/aromatic N) is 1. The molecule has 1 aliphatic heterocycles. The topological polar surface area (TPSA) is 183 Å². The number of hydrogen-bond donors (Lipinski definition) is 5. The zero-order chi connectivity index (χ0) is 22.7. The lowest BCUT2D eigenvalue weighted by atomic mass is 9.58. The van der Waals surface area contributed by atoms with Crippen LogP contribution in [0.3, 0.4) is 0 Å². The van der Waals surface area contributed by atoms with Gasteiger partial charge in [0.05, 0.1) is 0 Å². The summed E-state index contributed by atoms with van der Waals surface area (Å²) in [6.45, 7) is 9.11. The number of rotatable bonds is 5. The lowest BCUT2D eigenvalue weighted by Gasteiger charge is -2.60. The van der Waals surface area contributed by atoms with Crippen LogP contribution in [0.5, 0.6) is 0 Å². The molecular weight excluding hydrogens is 425 g/mol. The number of halogens is 2. The van der Waals surface area contributed by atoms with E-state index in [4.69, 9.17) is 29.8 Å². The third-order valence-electron chi connectivity index (χ3n) is 4.84. The Balaban J connectivity index is 4.36. The van der Waals surface area contributed by atoms with Crippen LogP contribution in [0.25, 0.3) is 4.85 Å². The summed E-state index contributed by atoms with van der Waals surface area (Å²) < 4.78 is 4.65. The summed E-state index contributed by atoms with van der Waals surface area (Å²) >= 11 is 11.6. The fraction of sp³-hybridized carbons (Fsp3) is 0.667. The van der Waals surface area contributed by atoms with Gasteiger partial charge in [-0.25, -0.2) is 16.2 Å². The first kappa shape index (κ1) is 24.5. The lowest BCUT2D eigenvalue weighted by Crippen LogP contribution is -2.93. The molecule has 1 saturated heterocycles. The van der Waals surface area contributed by atoms with Crippen molar-refractivity contribution >= 4 is 46.3 Å². The Kier molecular flexibility index (Phi) is 5.71. The standard InChI is InChI=1S/C15H17Cl2NO10/c1-6(19)10(23)11(24,7(2)20)14(17,13(16,26)9(4)22)28-15(27,18-5)12(10,25)8(3)21/h23-27H,1-4H3/t10-,11-,12+,13?,14-,15-/m0/s1. The Morgan fingerprint density at radius 3 is 1.50 bits per heavy atom. The van der Waals surface area contributed by atoms with Crippen molar-refractivity contribution in [1.29, 1.82) is 0 Å². The molecule has 1 heterocycles. The third kappa shape index (κ3) is 2.31. The number of carbonyl (C=O) groups excluding carboxylic acids is 4. The van der Waals surface area contributed by atoms with Gasteiger partial charge in [-0.2, -0.15) is 0 Å². The van der Waals surface area contributed by atoms with Gasteiger partial charge in [0.25, 0.3) is 5.60 Å². The van der Waals surface area contributed by atoms with Crippen LogP contribution in [-0.2, 0) is 23.9 Å². The first-order valence-electron chi connectivity index (χ1n) is 7.42. The van der Waals surface area contributed by atoms with E-state index in [1.165, 1.54) is 0 Å². The van der Waals surface area contributed by atoms with Gasteiger partial charge in [-0.1, -0.05) is 23.2 Å². The molecule has 0 bridgehead atoms. The van der Waals surface area contributed by atoms with Crippen molar-refractivity contribution < 1.29 is 49.4 Å². The number of alkyl halides is 2. The summed E-state index contributed by atoms with van der Waals surface area (Å²) in [5.74, 6) is -10.7. The number of aliphatic hydroxyl groups is 5. The fourth-order valence-corrected chi connectivity index (χ4v) is 3.87. The van der Waals surface area contributed by atoms with Crippen LogP contribution in [0.15, 0.2) is 0 Å².